The average molecular weight is 291 g/mol. The summed E-state index contributed by atoms with van der Waals surface area (Å²) in [6.07, 6.45) is 4.35. The summed E-state index contributed by atoms with van der Waals surface area (Å²) < 4.78 is 33.2. The molecular formula is C12H25N3O3S. The normalized spacial score (nSPS) is 21.7. The van der Waals surface area contributed by atoms with Gasteiger partial charge < -0.3 is 10.5 Å². The lowest BCUT2D eigenvalue weighted by atomic mass is 10.1. The molecule has 0 aromatic carbocycles. The Morgan fingerprint density at radius 2 is 2.26 bits per heavy atom. The molecule has 1 fully saturated rings. The number of ether oxygens (including phenoxy) is 1. The summed E-state index contributed by atoms with van der Waals surface area (Å²) in [6.45, 7) is 5.52. The molecule has 0 bridgehead atoms. The van der Waals surface area contributed by atoms with Crippen LogP contribution in [0.4, 0.5) is 0 Å². The number of hydrogen-bond acceptors (Lipinski definition) is 4. The monoisotopic (exact) mass is 291 g/mol. The highest BCUT2D eigenvalue weighted by molar-refractivity contribution is 7.86. The van der Waals surface area contributed by atoms with Crippen LogP contribution in [0, 0.1) is 0 Å². The SMILES string of the molecule is C=CCN(CCOC)S(=O)(=O)N1CCCCC1CN. The third-order valence-corrected chi connectivity index (χ3v) is 5.40. The van der Waals surface area contributed by atoms with E-state index in [2.05, 4.69) is 6.58 Å². The Hall–Kier alpha value is -0.470. The fourth-order valence-electron chi connectivity index (χ4n) is 2.30. The van der Waals surface area contributed by atoms with E-state index in [0.717, 1.165) is 19.3 Å². The number of nitrogens with two attached hydrogens (primary N) is 1. The minimum absolute atomic E-state index is 0.0892. The molecule has 1 unspecified atom stereocenters. The molecule has 1 rings (SSSR count). The maximum atomic E-state index is 12.6. The molecule has 1 heterocycles. The highest BCUT2D eigenvalue weighted by Gasteiger charge is 2.35. The maximum Gasteiger partial charge on any atom is 0.282 e. The van der Waals surface area contributed by atoms with Crippen molar-refractivity contribution in [2.24, 2.45) is 5.73 Å². The van der Waals surface area contributed by atoms with Crippen LogP contribution >= 0.6 is 0 Å². The number of hydrogen-bond donors (Lipinski definition) is 1. The fraction of sp³-hybridized carbons (Fsp3) is 0.833. The molecule has 112 valence electrons. The van der Waals surface area contributed by atoms with Crippen molar-refractivity contribution in [3.05, 3.63) is 12.7 Å². The molecule has 0 radical (unpaired) electrons. The molecule has 0 aromatic heterocycles. The van der Waals surface area contributed by atoms with Crippen molar-refractivity contribution in [1.82, 2.24) is 8.61 Å². The zero-order chi connectivity index (χ0) is 14.3. The predicted octanol–water partition coefficient (Wildman–Crippen LogP) is 0.179. The topological polar surface area (TPSA) is 75.9 Å². The van der Waals surface area contributed by atoms with Crippen LogP contribution in [0.3, 0.4) is 0 Å². The van der Waals surface area contributed by atoms with Crippen molar-refractivity contribution < 1.29 is 13.2 Å². The van der Waals surface area contributed by atoms with Gasteiger partial charge in [-0.25, -0.2) is 0 Å². The van der Waals surface area contributed by atoms with E-state index in [9.17, 15) is 8.42 Å². The summed E-state index contributed by atoms with van der Waals surface area (Å²) in [5, 5.41) is 0. The van der Waals surface area contributed by atoms with E-state index >= 15 is 0 Å². The molecule has 1 saturated heterocycles. The molecular weight excluding hydrogens is 266 g/mol. The minimum Gasteiger partial charge on any atom is -0.383 e. The highest BCUT2D eigenvalue weighted by Crippen LogP contribution is 2.22. The van der Waals surface area contributed by atoms with Gasteiger partial charge in [0.25, 0.3) is 10.2 Å². The lowest BCUT2D eigenvalue weighted by molar-refractivity contribution is 0.174. The Labute approximate surface area is 116 Å². The Bertz CT molecular complexity index is 372. The number of methoxy groups -OCH3 is 1. The van der Waals surface area contributed by atoms with Gasteiger partial charge in [-0.15, -0.1) is 6.58 Å². The zero-order valence-corrected chi connectivity index (χ0v) is 12.4. The van der Waals surface area contributed by atoms with E-state index in [1.165, 1.54) is 8.61 Å². The van der Waals surface area contributed by atoms with Gasteiger partial charge in [0.15, 0.2) is 0 Å². The van der Waals surface area contributed by atoms with E-state index in [1.54, 1.807) is 13.2 Å². The molecule has 0 spiro atoms. The van der Waals surface area contributed by atoms with Crippen molar-refractivity contribution in [1.29, 1.82) is 0 Å². The van der Waals surface area contributed by atoms with Gasteiger partial charge in [0.2, 0.25) is 0 Å². The summed E-state index contributed by atoms with van der Waals surface area (Å²) in [4.78, 5) is 0. The lowest BCUT2D eigenvalue weighted by Crippen LogP contribution is -2.53. The van der Waals surface area contributed by atoms with Crippen LogP contribution < -0.4 is 5.73 Å². The van der Waals surface area contributed by atoms with Gasteiger partial charge in [-0.1, -0.05) is 12.5 Å². The van der Waals surface area contributed by atoms with Gasteiger partial charge in [0.05, 0.1) is 6.61 Å². The second kappa shape index (κ2) is 7.96. The van der Waals surface area contributed by atoms with Gasteiger partial charge in [0.1, 0.15) is 0 Å². The van der Waals surface area contributed by atoms with Crippen LogP contribution in [0.25, 0.3) is 0 Å². The van der Waals surface area contributed by atoms with Crippen LogP contribution in [-0.4, -0.2) is 63.0 Å². The summed E-state index contributed by atoms with van der Waals surface area (Å²) >= 11 is 0. The van der Waals surface area contributed by atoms with E-state index in [0.29, 0.717) is 32.8 Å². The van der Waals surface area contributed by atoms with Crippen LogP contribution in [0.1, 0.15) is 19.3 Å². The zero-order valence-electron chi connectivity index (χ0n) is 11.6. The molecule has 1 atom stereocenters. The molecule has 0 aromatic rings. The van der Waals surface area contributed by atoms with Gasteiger partial charge in [-0.05, 0) is 12.8 Å². The van der Waals surface area contributed by atoms with Crippen molar-refractivity contribution in [2.75, 3.05) is 39.9 Å². The number of piperidine rings is 1. The average Bonchev–Trinajstić information content (AvgIpc) is 2.43. The molecule has 19 heavy (non-hydrogen) atoms. The first kappa shape index (κ1) is 16.6. The van der Waals surface area contributed by atoms with Gasteiger partial charge in [-0.2, -0.15) is 17.0 Å². The van der Waals surface area contributed by atoms with Gasteiger partial charge in [-0.3, -0.25) is 0 Å². The third-order valence-electron chi connectivity index (χ3n) is 3.35. The van der Waals surface area contributed by atoms with Gasteiger partial charge in [0, 0.05) is 39.3 Å². The second-order valence-electron chi connectivity index (χ2n) is 4.64. The summed E-state index contributed by atoms with van der Waals surface area (Å²) in [7, 11) is -1.93. The van der Waals surface area contributed by atoms with Crippen LogP contribution in [0.5, 0.6) is 0 Å². The standard InChI is InChI=1S/C12H25N3O3S/c1-3-7-14(9-10-18-2)19(16,17)15-8-5-4-6-12(15)11-13/h3,12H,1,4-11,13H2,2H3. The van der Waals surface area contributed by atoms with Crippen LogP contribution in [0.15, 0.2) is 12.7 Å². The van der Waals surface area contributed by atoms with E-state index < -0.39 is 10.2 Å². The minimum atomic E-state index is -3.48. The summed E-state index contributed by atoms with van der Waals surface area (Å²) in [5.74, 6) is 0. The van der Waals surface area contributed by atoms with Crippen molar-refractivity contribution in [2.45, 2.75) is 25.3 Å². The molecule has 1 aliphatic rings. The first-order valence-corrected chi connectivity index (χ1v) is 8.04. The van der Waals surface area contributed by atoms with Crippen LogP contribution in [-0.2, 0) is 14.9 Å². The Balaban J connectivity index is 2.86. The molecule has 0 aliphatic carbocycles. The van der Waals surface area contributed by atoms with E-state index in [1.807, 2.05) is 0 Å². The van der Waals surface area contributed by atoms with E-state index in [-0.39, 0.29) is 6.04 Å². The summed E-state index contributed by atoms with van der Waals surface area (Å²) in [5.41, 5.74) is 5.70. The molecule has 1 aliphatic heterocycles. The predicted molar refractivity (Wildman–Crippen MR) is 76.0 cm³/mol. The van der Waals surface area contributed by atoms with Crippen molar-refractivity contribution in [3.63, 3.8) is 0 Å². The van der Waals surface area contributed by atoms with Crippen LogP contribution in [0.2, 0.25) is 0 Å². The maximum absolute atomic E-state index is 12.6. The smallest absolute Gasteiger partial charge is 0.282 e. The van der Waals surface area contributed by atoms with E-state index in [4.69, 9.17) is 10.5 Å². The first-order valence-electron chi connectivity index (χ1n) is 6.64. The quantitative estimate of drug-likeness (QED) is 0.647. The Kier molecular flexibility index (Phi) is 6.95. The fourth-order valence-corrected chi connectivity index (χ4v) is 4.12. The Morgan fingerprint density at radius 3 is 2.84 bits per heavy atom. The van der Waals surface area contributed by atoms with Gasteiger partial charge >= 0.3 is 0 Å². The molecule has 0 saturated carbocycles. The van der Waals surface area contributed by atoms with Crippen molar-refractivity contribution in [3.8, 4) is 0 Å². The summed E-state index contributed by atoms with van der Waals surface area (Å²) in [6, 6.07) is -0.0892. The number of nitrogens with zero attached hydrogens (tertiary/aromatic N) is 2. The molecule has 7 heteroatoms. The second-order valence-corrected chi connectivity index (χ2v) is 6.52. The molecule has 2 N–H and O–H groups in total. The first-order chi connectivity index (χ1) is 9.07. The number of rotatable bonds is 8. The highest BCUT2D eigenvalue weighted by atomic mass is 32.2. The molecule has 0 amide bonds. The molecule has 6 nitrogen and oxygen atoms in total. The third kappa shape index (κ3) is 4.25. The largest absolute Gasteiger partial charge is 0.383 e. The van der Waals surface area contributed by atoms with Crippen molar-refractivity contribution >= 4 is 10.2 Å². The Morgan fingerprint density at radius 1 is 1.53 bits per heavy atom. The lowest BCUT2D eigenvalue weighted by Gasteiger charge is -2.37.